The number of carbonyl (C=O) groups is 1. The third-order valence-corrected chi connectivity index (χ3v) is 3.57. The van der Waals surface area contributed by atoms with Crippen LogP contribution >= 0.6 is 46.4 Å². The van der Waals surface area contributed by atoms with Crippen LogP contribution in [-0.2, 0) is 0 Å². The molecule has 0 fully saturated rings. The molecule has 2 aromatic rings. The Balaban J connectivity index is 2.56. The third-order valence-electron chi connectivity index (χ3n) is 2.54. The zero-order valence-corrected chi connectivity index (χ0v) is 12.8. The number of carbonyl (C=O) groups excluding carboxylic acids is 1. The first kappa shape index (κ1) is 14.7. The van der Waals surface area contributed by atoms with Crippen LogP contribution in [-0.4, -0.2) is 5.78 Å². The van der Waals surface area contributed by atoms with Crippen molar-refractivity contribution in [3.8, 4) is 0 Å². The van der Waals surface area contributed by atoms with E-state index in [-0.39, 0.29) is 11.3 Å². The quantitative estimate of drug-likeness (QED) is 0.631. The molecule has 0 bridgehead atoms. The first-order valence-electron chi connectivity index (χ1n) is 5.35. The van der Waals surface area contributed by atoms with Crippen molar-refractivity contribution in [2.45, 2.75) is 6.92 Å². The van der Waals surface area contributed by atoms with E-state index < -0.39 is 0 Å². The summed E-state index contributed by atoms with van der Waals surface area (Å²) in [6.45, 7) is 1.85. The molecule has 2 rings (SSSR count). The summed E-state index contributed by atoms with van der Waals surface area (Å²) in [6, 6.07) is 7.99. The maximum absolute atomic E-state index is 12.4. The molecule has 0 saturated heterocycles. The molecule has 98 valence electrons. The van der Waals surface area contributed by atoms with E-state index in [1.54, 1.807) is 18.2 Å². The lowest BCUT2D eigenvalue weighted by atomic mass is 10.0. The van der Waals surface area contributed by atoms with Crippen LogP contribution in [0.4, 0.5) is 0 Å². The van der Waals surface area contributed by atoms with Gasteiger partial charge in [-0.05, 0) is 42.8 Å². The van der Waals surface area contributed by atoms with Crippen LogP contribution < -0.4 is 0 Å². The Morgan fingerprint density at radius 1 is 0.842 bits per heavy atom. The number of ketones is 1. The van der Waals surface area contributed by atoms with Crippen molar-refractivity contribution in [2.75, 3.05) is 0 Å². The zero-order valence-electron chi connectivity index (χ0n) is 9.81. The lowest BCUT2D eigenvalue weighted by Gasteiger charge is -2.08. The van der Waals surface area contributed by atoms with Gasteiger partial charge in [-0.1, -0.05) is 46.4 Å². The molecule has 0 heterocycles. The van der Waals surface area contributed by atoms with Gasteiger partial charge in [0.1, 0.15) is 0 Å². The van der Waals surface area contributed by atoms with Gasteiger partial charge >= 0.3 is 0 Å². The molecule has 0 aromatic heterocycles. The Morgan fingerprint density at radius 2 is 1.32 bits per heavy atom. The summed E-state index contributed by atoms with van der Waals surface area (Å²) in [5.74, 6) is -0.306. The molecule has 1 nitrogen and oxygen atoms in total. The van der Waals surface area contributed by atoms with Gasteiger partial charge in [-0.15, -0.1) is 0 Å². The molecule has 0 atom stereocenters. The van der Waals surface area contributed by atoms with Crippen LogP contribution in [0.25, 0.3) is 0 Å². The summed E-state index contributed by atoms with van der Waals surface area (Å²) >= 11 is 23.9. The standard InChI is InChI=1S/C14H8Cl4O/c1-7-2-11(17)13(12(18)3-7)14(19)8-4-9(15)6-10(16)5-8/h2-6H,1H3. The minimum Gasteiger partial charge on any atom is -0.288 e. The Kier molecular flexibility index (Phi) is 4.42. The van der Waals surface area contributed by atoms with Crippen molar-refractivity contribution in [3.05, 3.63) is 67.1 Å². The van der Waals surface area contributed by atoms with E-state index in [9.17, 15) is 4.79 Å². The molecule has 0 unspecified atom stereocenters. The van der Waals surface area contributed by atoms with Crippen LogP contribution in [0, 0.1) is 6.92 Å². The molecule has 5 heteroatoms. The van der Waals surface area contributed by atoms with E-state index in [1.165, 1.54) is 12.1 Å². The molecule has 0 saturated carbocycles. The van der Waals surface area contributed by atoms with E-state index in [4.69, 9.17) is 46.4 Å². The maximum atomic E-state index is 12.4. The number of benzene rings is 2. The fourth-order valence-electron chi connectivity index (χ4n) is 1.75. The average Bonchev–Trinajstić information content (AvgIpc) is 2.25. The molecule has 0 amide bonds. The van der Waals surface area contributed by atoms with E-state index >= 15 is 0 Å². The molecule has 0 aliphatic carbocycles. The smallest absolute Gasteiger partial charge is 0.196 e. The van der Waals surface area contributed by atoms with Gasteiger partial charge in [0.25, 0.3) is 0 Å². The summed E-state index contributed by atoms with van der Waals surface area (Å²) in [5, 5.41) is 1.39. The lowest BCUT2D eigenvalue weighted by Crippen LogP contribution is -2.04. The third kappa shape index (κ3) is 3.24. The van der Waals surface area contributed by atoms with Crippen LogP contribution in [0.1, 0.15) is 21.5 Å². The number of rotatable bonds is 2. The highest BCUT2D eigenvalue weighted by atomic mass is 35.5. The molecular formula is C14H8Cl4O. The molecule has 2 aromatic carbocycles. The van der Waals surface area contributed by atoms with E-state index in [2.05, 4.69) is 0 Å². The van der Waals surface area contributed by atoms with Crippen molar-refractivity contribution >= 4 is 52.2 Å². The van der Waals surface area contributed by atoms with E-state index in [0.717, 1.165) is 5.56 Å². The number of aryl methyl sites for hydroxylation is 1. The SMILES string of the molecule is Cc1cc(Cl)c(C(=O)c2cc(Cl)cc(Cl)c2)c(Cl)c1. The summed E-state index contributed by atoms with van der Waals surface area (Å²) in [4.78, 5) is 12.4. The van der Waals surface area contributed by atoms with Gasteiger partial charge in [-0.3, -0.25) is 4.79 Å². The highest BCUT2D eigenvalue weighted by Gasteiger charge is 2.18. The minimum atomic E-state index is -0.306. The molecule has 0 spiro atoms. The zero-order chi connectivity index (χ0) is 14.2. The number of hydrogen-bond acceptors (Lipinski definition) is 1. The average molecular weight is 334 g/mol. The van der Waals surface area contributed by atoms with Crippen molar-refractivity contribution in [2.24, 2.45) is 0 Å². The first-order valence-corrected chi connectivity index (χ1v) is 6.86. The van der Waals surface area contributed by atoms with Gasteiger partial charge in [0.15, 0.2) is 5.78 Å². The van der Waals surface area contributed by atoms with Gasteiger partial charge in [-0.2, -0.15) is 0 Å². The number of hydrogen-bond donors (Lipinski definition) is 0. The molecular weight excluding hydrogens is 326 g/mol. The normalized spacial score (nSPS) is 10.6. The fraction of sp³-hybridized carbons (Fsp3) is 0.0714. The second-order valence-corrected chi connectivity index (χ2v) is 5.78. The van der Waals surface area contributed by atoms with Crippen molar-refractivity contribution in [1.82, 2.24) is 0 Å². The van der Waals surface area contributed by atoms with Crippen LogP contribution in [0.5, 0.6) is 0 Å². The highest BCUT2D eigenvalue weighted by Crippen LogP contribution is 2.30. The summed E-state index contributed by atoms with van der Waals surface area (Å²) in [7, 11) is 0. The Labute approximate surface area is 131 Å². The van der Waals surface area contributed by atoms with Crippen LogP contribution in [0.3, 0.4) is 0 Å². The number of halogens is 4. The van der Waals surface area contributed by atoms with Gasteiger partial charge in [0.2, 0.25) is 0 Å². The van der Waals surface area contributed by atoms with Crippen molar-refractivity contribution in [1.29, 1.82) is 0 Å². The Hall–Kier alpha value is -0.730. The Morgan fingerprint density at radius 3 is 1.79 bits per heavy atom. The van der Waals surface area contributed by atoms with Crippen molar-refractivity contribution in [3.63, 3.8) is 0 Å². The summed E-state index contributed by atoms with van der Waals surface area (Å²) < 4.78 is 0. The van der Waals surface area contributed by atoms with Gasteiger partial charge in [0.05, 0.1) is 15.6 Å². The second kappa shape index (κ2) is 5.72. The Bertz CT molecular complexity index is 621. The molecule has 0 radical (unpaired) electrons. The summed E-state index contributed by atoms with van der Waals surface area (Å²) in [6.07, 6.45) is 0. The highest BCUT2D eigenvalue weighted by molar-refractivity contribution is 6.41. The maximum Gasteiger partial charge on any atom is 0.196 e. The molecule has 0 aliphatic rings. The van der Waals surface area contributed by atoms with E-state index in [1.807, 2.05) is 6.92 Å². The minimum absolute atomic E-state index is 0.257. The molecule has 0 N–H and O–H groups in total. The first-order chi connectivity index (χ1) is 8.88. The molecule has 0 aliphatic heterocycles. The van der Waals surface area contributed by atoms with Gasteiger partial charge in [0, 0.05) is 15.6 Å². The van der Waals surface area contributed by atoms with Gasteiger partial charge in [-0.25, -0.2) is 0 Å². The lowest BCUT2D eigenvalue weighted by molar-refractivity contribution is 0.103. The second-order valence-electron chi connectivity index (χ2n) is 4.09. The van der Waals surface area contributed by atoms with Crippen LogP contribution in [0.2, 0.25) is 20.1 Å². The summed E-state index contributed by atoms with van der Waals surface area (Å²) in [5.41, 5.74) is 1.49. The predicted molar refractivity (Wildman–Crippen MR) is 81.1 cm³/mol. The monoisotopic (exact) mass is 332 g/mol. The van der Waals surface area contributed by atoms with Gasteiger partial charge < -0.3 is 0 Å². The topological polar surface area (TPSA) is 17.1 Å². The van der Waals surface area contributed by atoms with Crippen LogP contribution in [0.15, 0.2) is 30.3 Å². The van der Waals surface area contributed by atoms with E-state index in [0.29, 0.717) is 25.7 Å². The molecule has 19 heavy (non-hydrogen) atoms. The fourth-order valence-corrected chi connectivity index (χ4v) is 3.04. The predicted octanol–water partition coefficient (Wildman–Crippen LogP) is 5.84. The largest absolute Gasteiger partial charge is 0.288 e. The van der Waals surface area contributed by atoms with Crippen molar-refractivity contribution < 1.29 is 4.79 Å².